The summed E-state index contributed by atoms with van der Waals surface area (Å²) in [6.45, 7) is 0.719. The molecule has 0 bridgehead atoms. The minimum atomic E-state index is -0.0686. The van der Waals surface area contributed by atoms with E-state index >= 15 is 0 Å². The molecule has 5 heteroatoms. The SMILES string of the molecule is COc1ccc(Br)cc1NCC(=O)NCc1ccccc1. The number of benzene rings is 2. The van der Waals surface area contributed by atoms with Crippen LogP contribution in [-0.4, -0.2) is 19.6 Å². The fourth-order valence-electron chi connectivity index (χ4n) is 1.85. The van der Waals surface area contributed by atoms with Crippen molar-refractivity contribution >= 4 is 27.5 Å². The Balaban J connectivity index is 1.85. The second-order valence-electron chi connectivity index (χ2n) is 4.46. The first-order chi connectivity index (χ1) is 10.2. The lowest BCUT2D eigenvalue weighted by atomic mass is 10.2. The smallest absolute Gasteiger partial charge is 0.239 e. The van der Waals surface area contributed by atoms with Crippen LogP contribution in [0.25, 0.3) is 0 Å². The molecule has 2 aromatic rings. The van der Waals surface area contributed by atoms with E-state index in [-0.39, 0.29) is 12.5 Å². The molecule has 0 aliphatic carbocycles. The Hall–Kier alpha value is -2.01. The number of methoxy groups -OCH3 is 1. The predicted molar refractivity (Wildman–Crippen MR) is 87.5 cm³/mol. The normalized spacial score (nSPS) is 10.0. The summed E-state index contributed by atoms with van der Waals surface area (Å²) >= 11 is 3.40. The first-order valence-corrected chi connectivity index (χ1v) is 7.36. The molecule has 0 saturated heterocycles. The van der Waals surface area contributed by atoms with Crippen LogP contribution in [0.1, 0.15) is 5.56 Å². The van der Waals surface area contributed by atoms with E-state index in [1.54, 1.807) is 7.11 Å². The van der Waals surface area contributed by atoms with Crippen molar-refractivity contribution in [3.63, 3.8) is 0 Å². The average Bonchev–Trinajstić information content (AvgIpc) is 2.52. The van der Waals surface area contributed by atoms with E-state index in [1.807, 2.05) is 48.5 Å². The summed E-state index contributed by atoms with van der Waals surface area (Å²) in [6.07, 6.45) is 0. The third-order valence-corrected chi connectivity index (χ3v) is 3.43. The second kappa shape index (κ2) is 7.69. The highest BCUT2D eigenvalue weighted by Crippen LogP contribution is 2.27. The minimum Gasteiger partial charge on any atom is -0.495 e. The van der Waals surface area contributed by atoms with E-state index in [0.29, 0.717) is 12.3 Å². The largest absolute Gasteiger partial charge is 0.495 e. The topological polar surface area (TPSA) is 50.4 Å². The van der Waals surface area contributed by atoms with Crippen molar-refractivity contribution < 1.29 is 9.53 Å². The van der Waals surface area contributed by atoms with Crippen LogP contribution in [0, 0.1) is 0 Å². The molecule has 0 atom stereocenters. The Morgan fingerprint density at radius 3 is 2.67 bits per heavy atom. The highest BCUT2D eigenvalue weighted by molar-refractivity contribution is 9.10. The van der Waals surface area contributed by atoms with Crippen molar-refractivity contribution in [2.75, 3.05) is 19.0 Å². The van der Waals surface area contributed by atoms with Crippen molar-refractivity contribution in [3.05, 3.63) is 58.6 Å². The molecule has 2 aromatic carbocycles. The number of halogens is 1. The van der Waals surface area contributed by atoms with Gasteiger partial charge in [-0.25, -0.2) is 0 Å². The van der Waals surface area contributed by atoms with Gasteiger partial charge in [0.2, 0.25) is 5.91 Å². The van der Waals surface area contributed by atoms with Gasteiger partial charge in [-0.2, -0.15) is 0 Å². The lowest BCUT2D eigenvalue weighted by Crippen LogP contribution is -2.29. The van der Waals surface area contributed by atoms with Crippen LogP contribution in [0.5, 0.6) is 5.75 Å². The van der Waals surface area contributed by atoms with Gasteiger partial charge in [0.25, 0.3) is 0 Å². The molecule has 0 saturated carbocycles. The van der Waals surface area contributed by atoms with Crippen LogP contribution in [-0.2, 0) is 11.3 Å². The molecule has 0 fully saturated rings. The molecular weight excluding hydrogens is 332 g/mol. The van der Waals surface area contributed by atoms with Gasteiger partial charge in [-0.05, 0) is 23.8 Å². The van der Waals surface area contributed by atoms with Crippen LogP contribution >= 0.6 is 15.9 Å². The van der Waals surface area contributed by atoms with Crippen LogP contribution in [0.15, 0.2) is 53.0 Å². The highest BCUT2D eigenvalue weighted by Gasteiger charge is 2.06. The molecule has 4 nitrogen and oxygen atoms in total. The van der Waals surface area contributed by atoms with Gasteiger partial charge in [-0.3, -0.25) is 4.79 Å². The molecule has 2 rings (SSSR count). The minimum absolute atomic E-state index is 0.0686. The Labute approximate surface area is 132 Å². The zero-order valence-corrected chi connectivity index (χ0v) is 13.3. The third-order valence-electron chi connectivity index (χ3n) is 2.93. The summed E-state index contributed by atoms with van der Waals surface area (Å²) in [5.74, 6) is 0.634. The van der Waals surface area contributed by atoms with Gasteiger partial charge >= 0.3 is 0 Å². The highest BCUT2D eigenvalue weighted by atomic mass is 79.9. The maximum absolute atomic E-state index is 11.8. The number of rotatable bonds is 6. The summed E-state index contributed by atoms with van der Waals surface area (Å²) in [7, 11) is 1.60. The van der Waals surface area contributed by atoms with Gasteiger partial charge in [0, 0.05) is 11.0 Å². The van der Waals surface area contributed by atoms with Crippen molar-refractivity contribution in [2.45, 2.75) is 6.54 Å². The zero-order valence-electron chi connectivity index (χ0n) is 11.7. The Kier molecular flexibility index (Phi) is 5.63. The molecule has 0 unspecified atom stereocenters. The van der Waals surface area contributed by atoms with Gasteiger partial charge < -0.3 is 15.4 Å². The van der Waals surface area contributed by atoms with Crippen LogP contribution in [0.2, 0.25) is 0 Å². The van der Waals surface area contributed by atoms with Crippen LogP contribution < -0.4 is 15.4 Å². The number of carbonyl (C=O) groups excluding carboxylic acids is 1. The summed E-state index contributed by atoms with van der Waals surface area (Å²) in [5.41, 5.74) is 1.85. The van der Waals surface area contributed by atoms with Crippen molar-refractivity contribution in [2.24, 2.45) is 0 Å². The number of anilines is 1. The van der Waals surface area contributed by atoms with Gasteiger partial charge in [0.15, 0.2) is 0 Å². The molecule has 21 heavy (non-hydrogen) atoms. The molecular formula is C16H17BrN2O2. The molecule has 0 radical (unpaired) electrons. The Morgan fingerprint density at radius 1 is 1.19 bits per heavy atom. The quantitative estimate of drug-likeness (QED) is 0.842. The van der Waals surface area contributed by atoms with E-state index in [0.717, 1.165) is 15.7 Å². The van der Waals surface area contributed by atoms with Gasteiger partial charge in [0.1, 0.15) is 5.75 Å². The maximum atomic E-state index is 11.8. The number of hydrogen-bond acceptors (Lipinski definition) is 3. The van der Waals surface area contributed by atoms with E-state index in [4.69, 9.17) is 4.74 Å². The second-order valence-corrected chi connectivity index (χ2v) is 5.38. The predicted octanol–water partition coefficient (Wildman–Crippen LogP) is 3.19. The van der Waals surface area contributed by atoms with Gasteiger partial charge in [0.05, 0.1) is 19.3 Å². The van der Waals surface area contributed by atoms with Crippen LogP contribution in [0.3, 0.4) is 0 Å². The first kappa shape index (κ1) is 15.4. The zero-order chi connectivity index (χ0) is 15.1. The summed E-state index contributed by atoms with van der Waals surface area (Å²) in [6, 6.07) is 15.4. The van der Waals surface area contributed by atoms with Crippen molar-refractivity contribution in [1.82, 2.24) is 5.32 Å². The Morgan fingerprint density at radius 2 is 1.95 bits per heavy atom. The van der Waals surface area contributed by atoms with E-state index in [2.05, 4.69) is 26.6 Å². The summed E-state index contributed by atoms with van der Waals surface area (Å²) < 4.78 is 6.17. The molecule has 0 aliphatic rings. The summed E-state index contributed by atoms with van der Waals surface area (Å²) in [4.78, 5) is 11.8. The fourth-order valence-corrected chi connectivity index (χ4v) is 2.21. The van der Waals surface area contributed by atoms with Gasteiger partial charge in [-0.15, -0.1) is 0 Å². The number of nitrogens with one attached hydrogen (secondary N) is 2. The third kappa shape index (κ3) is 4.79. The Bertz CT molecular complexity index is 602. The van der Waals surface area contributed by atoms with E-state index in [1.165, 1.54) is 0 Å². The molecule has 0 aromatic heterocycles. The van der Waals surface area contributed by atoms with Crippen LogP contribution in [0.4, 0.5) is 5.69 Å². The number of ether oxygens (including phenoxy) is 1. The molecule has 0 spiro atoms. The monoisotopic (exact) mass is 348 g/mol. The molecule has 0 aliphatic heterocycles. The maximum Gasteiger partial charge on any atom is 0.239 e. The first-order valence-electron chi connectivity index (χ1n) is 6.57. The molecule has 0 heterocycles. The summed E-state index contributed by atoms with van der Waals surface area (Å²) in [5, 5.41) is 5.94. The van der Waals surface area contributed by atoms with E-state index < -0.39 is 0 Å². The van der Waals surface area contributed by atoms with Crippen molar-refractivity contribution in [3.8, 4) is 5.75 Å². The molecule has 2 N–H and O–H groups in total. The van der Waals surface area contributed by atoms with E-state index in [9.17, 15) is 4.79 Å². The number of hydrogen-bond donors (Lipinski definition) is 2. The lowest BCUT2D eigenvalue weighted by Gasteiger charge is -2.11. The number of carbonyl (C=O) groups is 1. The standard InChI is InChI=1S/C16H17BrN2O2/c1-21-15-8-7-13(17)9-14(15)18-11-16(20)19-10-12-5-3-2-4-6-12/h2-9,18H,10-11H2,1H3,(H,19,20). The average molecular weight is 349 g/mol. The molecule has 110 valence electrons. The lowest BCUT2D eigenvalue weighted by molar-refractivity contribution is -0.119. The van der Waals surface area contributed by atoms with Crippen molar-refractivity contribution in [1.29, 1.82) is 0 Å². The fraction of sp³-hybridized carbons (Fsp3) is 0.188. The van der Waals surface area contributed by atoms with Gasteiger partial charge in [-0.1, -0.05) is 46.3 Å². The molecule has 1 amide bonds. The number of amides is 1.